The second-order valence-corrected chi connectivity index (χ2v) is 4.45. The van der Waals surface area contributed by atoms with Crippen molar-refractivity contribution in [1.82, 2.24) is 9.97 Å². The molecule has 0 unspecified atom stereocenters. The Kier molecular flexibility index (Phi) is 6.21. The van der Waals surface area contributed by atoms with E-state index in [1.165, 1.54) is 0 Å². The fourth-order valence-electron chi connectivity index (χ4n) is 1.47. The van der Waals surface area contributed by atoms with Crippen LogP contribution >= 0.6 is 15.9 Å². The lowest BCUT2D eigenvalue weighted by atomic mass is 10.4. The van der Waals surface area contributed by atoms with E-state index in [9.17, 15) is 0 Å². The monoisotopic (exact) mass is 302 g/mol. The number of aromatic nitrogens is 2. The van der Waals surface area contributed by atoms with Crippen molar-refractivity contribution in [3.8, 4) is 0 Å². The van der Waals surface area contributed by atoms with E-state index in [0.717, 1.165) is 42.2 Å². The lowest BCUT2D eigenvalue weighted by Gasteiger charge is -2.20. The Bertz CT molecular complexity index is 348. The first kappa shape index (κ1) is 14.2. The molecule has 0 aliphatic heterocycles. The standard InChI is InChI=1S/C11H19BrN4O/c1-4-13-10-9(12)11(15-8-14-10)16(2)6-5-7-17-3/h8H,4-7H2,1-3H3,(H,13,14,15). The van der Waals surface area contributed by atoms with Crippen molar-refractivity contribution in [1.29, 1.82) is 0 Å². The molecule has 1 rings (SSSR count). The predicted octanol–water partition coefficient (Wildman–Crippen LogP) is 2.14. The minimum atomic E-state index is 0.757. The zero-order chi connectivity index (χ0) is 12.7. The normalized spacial score (nSPS) is 10.4. The summed E-state index contributed by atoms with van der Waals surface area (Å²) in [4.78, 5) is 10.6. The fraction of sp³-hybridized carbons (Fsp3) is 0.636. The van der Waals surface area contributed by atoms with Gasteiger partial charge in [0.05, 0.1) is 0 Å². The van der Waals surface area contributed by atoms with Gasteiger partial charge in [-0.05, 0) is 29.3 Å². The summed E-state index contributed by atoms with van der Waals surface area (Å²) in [6.07, 6.45) is 2.55. The zero-order valence-electron chi connectivity index (χ0n) is 10.5. The molecule has 96 valence electrons. The summed E-state index contributed by atoms with van der Waals surface area (Å²) < 4.78 is 5.94. The van der Waals surface area contributed by atoms with Crippen LogP contribution in [0.1, 0.15) is 13.3 Å². The first-order chi connectivity index (χ1) is 8.20. The van der Waals surface area contributed by atoms with Crippen molar-refractivity contribution < 1.29 is 4.74 Å². The number of hydrogen-bond donors (Lipinski definition) is 1. The predicted molar refractivity (Wildman–Crippen MR) is 73.7 cm³/mol. The van der Waals surface area contributed by atoms with Gasteiger partial charge in [-0.15, -0.1) is 0 Å². The van der Waals surface area contributed by atoms with Gasteiger partial charge in [0.1, 0.15) is 22.4 Å². The van der Waals surface area contributed by atoms with Crippen LogP contribution in [0, 0.1) is 0 Å². The Morgan fingerprint density at radius 2 is 2.24 bits per heavy atom. The minimum Gasteiger partial charge on any atom is -0.385 e. The lowest BCUT2D eigenvalue weighted by Crippen LogP contribution is -2.22. The highest BCUT2D eigenvalue weighted by Crippen LogP contribution is 2.28. The van der Waals surface area contributed by atoms with Crippen molar-refractivity contribution in [3.05, 3.63) is 10.8 Å². The van der Waals surface area contributed by atoms with Crippen molar-refractivity contribution in [2.45, 2.75) is 13.3 Å². The van der Waals surface area contributed by atoms with E-state index in [1.807, 2.05) is 14.0 Å². The van der Waals surface area contributed by atoms with Crippen LogP contribution in [-0.2, 0) is 4.74 Å². The lowest BCUT2D eigenvalue weighted by molar-refractivity contribution is 0.196. The number of nitrogens with one attached hydrogen (secondary N) is 1. The first-order valence-electron chi connectivity index (χ1n) is 5.65. The van der Waals surface area contributed by atoms with Crippen LogP contribution in [0.2, 0.25) is 0 Å². The third-order valence-electron chi connectivity index (χ3n) is 2.32. The van der Waals surface area contributed by atoms with Crippen molar-refractivity contribution >= 4 is 27.6 Å². The quantitative estimate of drug-likeness (QED) is 0.782. The summed E-state index contributed by atoms with van der Waals surface area (Å²) in [7, 11) is 3.72. The van der Waals surface area contributed by atoms with E-state index in [1.54, 1.807) is 13.4 Å². The third kappa shape index (κ3) is 4.12. The molecule has 1 N–H and O–H groups in total. The smallest absolute Gasteiger partial charge is 0.148 e. The third-order valence-corrected chi connectivity index (χ3v) is 3.05. The average molecular weight is 303 g/mol. The van der Waals surface area contributed by atoms with Crippen LogP contribution in [0.25, 0.3) is 0 Å². The molecule has 1 aromatic rings. The van der Waals surface area contributed by atoms with Gasteiger partial charge < -0.3 is 15.0 Å². The number of ether oxygens (including phenoxy) is 1. The van der Waals surface area contributed by atoms with Gasteiger partial charge in [-0.25, -0.2) is 9.97 Å². The van der Waals surface area contributed by atoms with Gasteiger partial charge >= 0.3 is 0 Å². The maximum atomic E-state index is 5.04. The van der Waals surface area contributed by atoms with E-state index in [2.05, 4.69) is 36.1 Å². The Balaban J connectivity index is 2.72. The molecule has 0 aliphatic carbocycles. The van der Waals surface area contributed by atoms with Gasteiger partial charge in [-0.1, -0.05) is 0 Å². The van der Waals surface area contributed by atoms with E-state index in [-0.39, 0.29) is 0 Å². The number of rotatable bonds is 7. The average Bonchev–Trinajstić information content (AvgIpc) is 2.32. The highest BCUT2D eigenvalue weighted by atomic mass is 79.9. The van der Waals surface area contributed by atoms with Gasteiger partial charge in [0.15, 0.2) is 0 Å². The molecular formula is C11H19BrN4O. The largest absolute Gasteiger partial charge is 0.385 e. The molecule has 0 spiro atoms. The number of nitrogens with zero attached hydrogens (tertiary/aromatic N) is 3. The summed E-state index contributed by atoms with van der Waals surface area (Å²) in [5.41, 5.74) is 0. The molecular weight excluding hydrogens is 284 g/mol. The maximum Gasteiger partial charge on any atom is 0.148 e. The van der Waals surface area contributed by atoms with Crippen molar-refractivity contribution in [2.24, 2.45) is 0 Å². The van der Waals surface area contributed by atoms with Gasteiger partial charge in [-0.2, -0.15) is 0 Å². The van der Waals surface area contributed by atoms with Crippen LogP contribution in [-0.4, -0.2) is 43.8 Å². The molecule has 0 aromatic carbocycles. The molecule has 17 heavy (non-hydrogen) atoms. The zero-order valence-corrected chi connectivity index (χ0v) is 12.1. The van der Waals surface area contributed by atoms with Gasteiger partial charge in [0, 0.05) is 33.9 Å². The van der Waals surface area contributed by atoms with E-state index < -0.39 is 0 Å². The van der Waals surface area contributed by atoms with Gasteiger partial charge in [0.25, 0.3) is 0 Å². The Labute approximate surface area is 111 Å². The Morgan fingerprint density at radius 1 is 1.47 bits per heavy atom. The molecule has 0 amide bonds. The molecule has 0 aliphatic rings. The molecule has 0 saturated carbocycles. The molecule has 0 saturated heterocycles. The topological polar surface area (TPSA) is 50.3 Å². The molecule has 6 heteroatoms. The van der Waals surface area contributed by atoms with Crippen LogP contribution in [0.4, 0.5) is 11.6 Å². The van der Waals surface area contributed by atoms with Crippen molar-refractivity contribution in [3.63, 3.8) is 0 Å². The molecule has 1 aromatic heterocycles. The minimum absolute atomic E-state index is 0.757. The summed E-state index contributed by atoms with van der Waals surface area (Å²) in [5.74, 6) is 1.73. The van der Waals surface area contributed by atoms with Crippen LogP contribution in [0.3, 0.4) is 0 Å². The van der Waals surface area contributed by atoms with Crippen LogP contribution in [0.15, 0.2) is 10.8 Å². The number of halogens is 1. The fourth-order valence-corrected chi connectivity index (χ4v) is 2.12. The van der Waals surface area contributed by atoms with E-state index in [0.29, 0.717) is 0 Å². The second-order valence-electron chi connectivity index (χ2n) is 3.66. The maximum absolute atomic E-state index is 5.04. The number of methoxy groups -OCH3 is 1. The molecule has 1 heterocycles. The Morgan fingerprint density at radius 3 is 2.88 bits per heavy atom. The molecule has 0 bridgehead atoms. The van der Waals surface area contributed by atoms with Gasteiger partial charge in [0.2, 0.25) is 0 Å². The Hall–Kier alpha value is -0.880. The van der Waals surface area contributed by atoms with Crippen LogP contribution in [0.5, 0.6) is 0 Å². The number of anilines is 2. The second kappa shape index (κ2) is 7.45. The molecule has 5 nitrogen and oxygen atoms in total. The molecule has 0 fully saturated rings. The van der Waals surface area contributed by atoms with Crippen molar-refractivity contribution in [2.75, 3.05) is 44.1 Å². The molecule has 0 radical (unpaired) electrons. The summed E-state index contributed by atoms with van der Waals surface area (Å²) in [6.45, 7) is 4.53. The summed E-state index contributed by atoms with van der Waals surface area (Å²) >= 11 is 3.53. The summed E-state index contributed by atoms with van der Waals surface area (Å²) in [6, 6.07) is 0. The molecule has 0 atom stereocenters. The van der Waals surface area contributed by atoms with Gasteiger partial charge in [-0.3, -0.25) is 0 Å². The SMILES string of the molecule is CCNc1ncnc(N(C)CCCOC)c1Br. The summed E-state index contributed by atoms with van der Waals surface area (Å²) in [5, 5.41) is 3.19. The van der Waals surface area contributed by atoms with Crippen LogP contribution < -0.4 is 10.2 Å². The first-order valence-corrected chi connectivity index (χ1v) is 6.44. The van der Waals surface area contributed by atoms with E-state index >= 15 is 0 Å². The highest BCUT2D eigenvalue weighted by molar-refractivity contribution is 9.10. The highest BCUT2D eigenvalue weighted by Gasteiger charge is 2.11. The number of hydrogen-bond acceptors (Lipinski definition) is 5. The van der Waals surface area contributed by atoms with E-state index in [4.69, 9.17) is 4.74 Å².